The molecular formula is C21H20N4O2S. The van der Waals surface area contributed by atoms with Crippen LogP contribution >= 0.6 is 11.3 Å². The fourth-order valence-corrected chi connectivity index (χ4v) is 4.11. The summed E-state index contributed by atoms with van der Waals surface area (Å²) in [6, 6.07) is 15.6. The standard InChI is InChI=1S/C21H20N4O2S/c26-19(11-5-6-12-20-23-17-9-3-4-10-18(17)28-20)24-25-21(27)15-13-22-16-8-2-1-7-14(15)16/h1-4,7-10,13,22H,5-6,11-12H2,(H,24,26)(H,25,27). The van der Waals surface area contributed by atoms with E-state index in [9.17, 15) is 9.59 Å². The van der Waals surface area contributed by atoms with Crippen molar-refractivity contribution in [1.29, 1.82) is 0 Å². The van der Waals surface area contributed by atoms with Crippen molar-refractivity contribution in [2.75, 3.05) is 0 Å². The average molecular weight is 392 g/mol. The van der Waals surface area contributed by atoms with Crippen LogP contribution in [0.4, 0.5) is 0 Å². The van der Waals surface area contributed by atoms with Crippen LogP contribution in [0.5, 0.6) is 0 Å². The second-order valence-corrected chi connectivity index (χ2v) is 7.65. The molecule has 0 spiro atoms. The number of aromatic nitrogens is 2. The lowest BCUT2D eigenvalue weighted by molar-refractivity contribution is -0.121. The number of nitrogens with zero attached hydrogens (tertiary/aromatic N) is 1. The summed E-state index contributed by atoms with van der Waals surface area (Å²) in [7, 11) is 0. The van der Waals surface area contributed by atoms with Crippen molar-refractivity contribution in [3.8, 4) is 0 Å². The van der Waals surface area contributed by atoms with Crippen molar-refractivity contribution in [3.63, 3.8) is 0 Å². The number of thiazole rings is 1. The number of carbonyl (C=O) groups is 2. The van der Waals surface area contributed by atoms with E-state index in [2.05, 4.69) is 26.9 Å². The zero-order valence-electron chi connectivity index (χ0n) is 15.2. The van der Waals surface area contributed by atoms with Gasteiger partial charge in [-0.25, -0.2) is 4.98 Å². The first-order valence-electron chi connectivity index (χ1n) is 9.20. The molecule has 142 valence electrons. The Morgan fingerprint density at radius 2 is 1.82 bits per heavy atom. The minimum atomic E-state index is -0.333. The summed E-state index contributed by atoms with van der Waals surface area (Å²) in [6.07, 6.45) is 4.48. The molecule has 0 aliphatic heterocycles. The van der Waals surface area contributed by atoms with Gasteiger partial charge in [-0.15, -0.1) is 11.3 Å². The van der Waals surface area contributed by atoms with E-state index in [4.69, 9.17) is 0 Å². The summed E-state index contributed by atoms with van der Waals surface area (Å²) in [5.41, 5.74) is 7.39. The second kappa shape index (κ2) is 8.22. The molecule has 0 saturated carbocycles. The number of rotatable bonds is 6. The number of fused-ring (bicyclic) bond motifs is 2. The maximum absolute atomic E-state index is 12.3. The fraction of sp³-hybridized carbons (Fsp3) is 0.190. The number of hydrazine groups is 1. The fourth-order valence-electron chi connectivity index (χ4n) is 3.10. The van der Waals surface area contributed by atoms with Gasteiger partial charge in [0, 0.05) is 23.5 Å². The molecule has 2 amide bonds. The Hall–Kier alpha value is -3.19. The Morgan fingerprint density at radius 1 is 1.00 bits per heavy atom. The van der Waals surface area contributed by atoms with E-state index in [1.165, 1.54) is 4.70 Å². The first kappa shape index (κ1) is 18.2. The van der Waals surface area contributed by atoms with E-state index >= 15 is 0 Å². The van der Waals surface area contributed by atoms with Crippen LogP contribution in [-0.4, -0.2) is 21.8 Å². The van der Waals surface area contributed by atoms with E-state index in [0.717, 1.165) is 40.7 Å². The van der Waals surface area contributed by atoms with Crippen molar-refractivity contribution < 1.29 is 9.59 Å². The van der Waals surface area contributed by atoms with Crippen LogP contribution in [0.15, 0.2) is 54.7 Å². The SMILES string of the molecule is O=C(CCCCc1nc2ccccc2s1)NNC(=O)c1c[nH]c2ccccc12. The van der Waals surface area contributed by atoms with Crippen LogP contribution in [0.25, 0.3) is 21.1 Å². The number of benzene rings is 2. The maximum Gasteiger partial charge on any atom is 0.271 e. The highest BCUT2D eigenvalue weighted by atomic mass is 32.1. The summed E-state index contributed by atoms with van der Waals surface area (Å²) >= 11 is 1.70. The van der Waals surface area contributed by atoms with Gasteiger partial charge in [-0.2, -0.15) is 0 Å². The lowest BCUT2D eigenvalue weighted by atomic mass is 10.2. The van der Waals surface area contributed by atoms with Gasteiger partial charge in [0.2, 0.25) is 5.91 Å². The Morgan fingerprint density at radius 3 is 2.71 bits per heavy atom. The van der Waals surface area contributed by atoms with Gasteiger partial charge in [-0.1, -0.05) is 30.3 Å². The van der Waals surface area contributed by atoms with Gasteiger partial charge in [0.25, 0.3) is 5.91 Å². The van der Waals surface area contributed by atoms with Crippen molar-refractivity contribution in [2.45, 2.75) is 25.7 Å². The first-order valence-corrected chi connectivity index (χ1v) is 10.0. The van der Waals surface area contributed by atoms with Crippen molar-refractivity contribution in [2.24, 2.45) is 0 Å². The van der Waals surface area contributed by atoms with E-state index < -0.39 is 0 Å². The number of hydrogen-bond donors (Lipinski definition) is 3. The Labute approximate surface area is 166 Å². The Bertz CT molecular complexity index is 1100. The zero-order valence-corrected chi connectivity index (χ0v) is 16.0. The molecule has 4 aromatic rings. The van der Waals surface area contributed by atoms with Crippen LogP contribution in [-0.2, 0) is 11.2 Å². The Kier molecular flexibility index (Phi) is 5.34. The van der Waals surface area contributed by atoms with Gasteiger partial charge < -0.3 is 4.98 Å². The summed E-state index contributed by atoms with van der Waals surface area (Å²) in [5.74, 6) is -0.530. The molecule has 2 heterocycles. The molecule has 0 bridgehead atoms. The zero-order chi connectivity index (χ0) is 19.3. The highest BCUT2D eigenvalue weighted by Crippen LogP contribution is 2.23. The minimum absolute atomic E-state index is 0.197. The van der Waals surface area contributed by atoms with Crippen LogP contribution in [0.1, 0.15) is 34.6 Å². The number of para-hydroxylation sites is 2. The third-order valence-electron chi connectivity index (χ3n) is 4.53. The smallest absolute Gasteiger partial charge is 0.271 e. The van der Waals surface area contributed by atoms with Gasteiger partial charge in [0.05, 0.1) is 20.8 Å². The molecule has 0 saturated heterocycles. The summed E-state index contributed by atoms with van der Waals surface area (Å²) in [4.78, 5) is 31.9. The molecule has 0 aliphatic carbocycles. The lowest BCUT2D eigenvalue weighted by Gasteiger charge is -2.06. The molecule has 0 unspecified atom stereocenters. The summed E-state index contributed by atoms with van der Waals surface area (Å²) in [5, 5.41) is 1.92. The van der Waals surface area contributed by atoms with Gasteiger partial charge in [-0.05, 0) is 37.5 Å². The predicted octanol–water partition coefficient (Wildman–Crippen LogP) is 3.95. The Balaban J connectivity index is 1.21. The highest BCUT2D eigenvalue weighted by molar-refractivity contribution is 7.18. The second-order valence-electron chi connectivity index (χ2n) is 6.53. The van der Waals surface area contributed by atoms with E-state index in [1.807, 2.05) is 42.5 Å². The molecular weight excluding hydrogens is 372 g/mol. The summed E-state index contributed by atoms with van der Waals surface area (Å²) in [6.45, 7) is 0. The third-order valence-corrected chi connectivity index (χ3v) is 5.63. The number of hydrogen-bond acceptors (Lipinski definition) is 4. The highest BCUT2D eigenvalue weighted by Gasteiger charge is 2.12. The molecule has 2 aromatic carbocycles. The number of unbranched alkanes of at least 4 members (excludes halogenated alkanes) is 1. The molecule has 4 rings (SSSR count). The van der Waals surface area contributed by atoms with Gasteiger partial charge in [0.15, 0.2) is 0 Å². The number of aryl methyl sites for hydroxylation is 1. The van der Waals surface area contributed by atoms with Gasteiger partial charge in [0.1, 0.15) is 0 Å². The van der Waals surface area contributed by atoms with Gasteiger partial charge in [-0.3, -0.25) is 20.4 Å². The van der Waals surface area contributed by atoms with Crippen molar-refractivity contribution >= 4 is 44.3 Å². The largest absolute Gasteiger partial charge is 0.360 e. The van der Waals surface area contributed by atoms with Crippen LogP contribution in [0.3, 0.4) is 0 Å². The van der Waals surface area contributed by atoms with Crippen LogP contribution in [0.2, 0.25) is 0 Å². The van der Waals surface area contributed by atoms with Crippen LogP contribution < -0.4 is 10.9 Å². The number of H-pyrrole nitrogens is 1. The molecule has 0 atom stereocenters. The summed E-state index contributed by atoms with van der Waals surface area (Å²) < 4.78 is 1.19. The number of aromatic amines is 1. The molecule has 0 aliphatic rings. The topological polar surface area (TPSA) is 86.9 Å². The molecule has 0 radical (unpaired) electrons. The molecule has 0 fully saturated rings. The predicted molar refractivity (Wildman–Crippen MR) is 111 cm³/mol. The quantitative estimate of drug-likeness (QED) is 0.343. The van der Waals surface area contributed by atoms with Gasteiger partial charge >= 0.3 is 0 Å². The third kappa shape index (κ3) is 4.04. The molecule has 7 heteroatoms. The van der Waals surface area contributed by atoms with E-state index in [1.54, 1.807) is 17.5 Å². The lowest BCUT2D eigenvalue weighted by Crippen LogP contribution is -2.41. The monoisotopic (exact) mass is 392 g/mol. The maximum atomic E-state index is 12.3. The van der Waals surface area contributed by atoms with E-state index in [-0.39, 0.29) is 11.8 Å². The van der Waals surface area contributed by atoms with Crippen molar-refractivity contribution in [1.82, 2.24) is 20.8 Å². The number of carbonyl (C=O) groups excluding carboxylic acids is 2. The molecule has 28 heavy (non-hydrogen) atoms. The number of nitrogens with one attached hydrogen (secondary N) is 3. The molecule has 3 N–H and O–H groups in total. The normalized spacial score (nSPS) is 11.0. The molecule has 6 nitrogen and oxygen atoms in total. The van der Waals surface area contributed by atoms with Crippen molar-refractivity contribution in [3.05, 3.63) is 65.3 Å². The first-order chi connectivity index (χ1) is 13.7. The van der Waals surface area contributed by atoms with Crippen LogP contribution in [0, 0.1) is 0 Å². The number of amides is 2. The minimum Gasteiger partial charge on any atom is -0.360 e. The van der Waals surface area contributed by atoms with E-state index in [0.29, 0.717) is 12.0 Å². The average Bonchev–Trinajstić information content (AvgIpc) is 3.33. The molecule has 2 aromatic heterocycles.